The van der Waals surface area contributed by atoms with Crippen LogP contribution in [0.3, 0.4) is 0 Å². The van der Waals surface area contributed by atoms with Gasteiger partial charge in [0, 0.05) is 22.3 Å². The highest BCUT2D eigenvalue weighted by Crippen LogP contribution is 2.30. The first kappa shape index (κ1) is 13.8. The average molecular weight is 327 g/mol. The summed E-state index contributed by atoms with van der Waals surface area (Å²) in [5.74, 6) is 1.70. The summed E-state index contributed by atoms with van der Waals surface area (Å²) in [6.45, 7) is 3.40. The number of halogens is 1. The van der Waals surface area contributed by atoms with Gasteiger partial charge in [-0.3, -0.25) is 0 Å². The first-order valence-electron chi connectivity index (χ1n) is 6.39. The zero-order valence-electron chi connectivity index (χ0n) is 10.6. The van der Waals surface area contributed by atoms with E-state index < -0.39 is 0 Å². The maximum atomic E-state index is 5.63. The maximum absolute atomic E-state index is 5.63. The molecule has 0 saturated heterocycles. The summed E-state index contributed by atoms with van der Waals surface area (Å²) in [7, 11) is 0. The highest BCUT2D eigenvalue weighted by atomic mass is 79.9. The lowest BCUT2D eigenvalue weighted by Gasteiger charge is -2.13. The van der Waals surface area contributed by atoms with E-state index in [1.165, 1.54) is 19.3 Å². The van der Waals surface area contributed by atoms with Crippen LogP contribution in [0.15, 0.2) is 22.7 Å². The predicted molar refractivity (Wildman–Crippen MR) is 85.0 cm³/mol. The monoisotopic (exact) mass is 326 g/mol. The molecule has 0 spiro atoms. The van der Waals surface area contributed by atoms with E-state index in [1.54, 1.807) is 0 Å². The van der Waals surface area contributed by atoms with Crippen molar-refractivity contribution in [2.75, 3.05) is 11.9 Å². The summed E-state index contributed by atoms with van der Waals surface area (Å²) in [5.41, 5.74) is 7.65. The molecule has 2 rings (SSSR count). The second-order valence-electron chi connectivity index (χ2n) is 5.22. The molecule has 0 radical (unpaired) electrons. The molecule has 1 aromatic carbocycles. The Morgan fingerprint density at radius 1 is 1.50 bits per heavy atom. The lowest BCUT2D eigenvalue weighted by Crippen LogP contribution is -2.13. The predicted octanol–water partition coefficient (Wildman–Crippen LogP) is 3.93. The minimum atomic E-state index is 0.429. The summed E-state index contributed by atoms with van der Waals surface area (Å²) in [6.07, 6.45) is 4.07. The minimum Gasteiger partial charge on any atom is -0.389 e. The van der Waals surface area contributed by atoms with Crippen molar-refractivity contribution in [2.24, 2.45) is 17.6 Å². The molecule has 1 fully saturated rings. The van der Waals surface area contributed by atoms with Gasteiger partial charge in [-0.2, -0.15) is 0 Å². The van der Waals surface area contributed by atoms with Crippen molar-refractivity contribution in [1.29, 1.82) is 0 Å². The van der Waals surface area contributed by atoms with Gasteiger partial charge in [0.2, 0.25) is 0 Å². The van der Waals surface area contributed by atoms with Crippen molar-refractivity contribution in [3.63, 3.8) is 0 Å². The van der Waals surface area contributed by atoms with Crippen LogP contribution in [0.1, 0.15) is 31.7 Å². The van der Waals surface area contributed by atoms with E-state index in [-0.39, 0.29) is 0 Å². The lowest BCUT2D eigenvalue weighted by atomic mass is 10.1. The van der Waals surface area contributed by atoms with Crippen LogP contribution < -0.4 is 11.1 Å². The van der Waals surface area contributed by atoms with E-state index in [9.17, 15) is 0 Å². The third-order valence-electron chi connectivity index (χ3n) is 3.63. The second-order valence-corrected chi connectivity index (χ2v) is 6.52. The summed E-state index contributed by atoms with van der Waals surface area (Å²) < 4.78 is 0.958. The Morgan fingerprint density at radius 3 is 2.83 bits per heavy atom. The molecule has 2 atom stereocenters. The Balaban J connectivity index is 1.94. The molecule has 1 aliphatic carbocycles. The van der Waals surface area contributed by atoms with Crippen LogP contribution in [0.5, 0.6) is 0 Å². The van der Waals surface area contributed by atoms with Gasteiger partial charge < -0.3 is 11.1 Å². The standard InChI is InChI=1S/C14H19BrN2S/c1-9-2-3-10(6-9)8-17-11-4-5-12(14(16)18)13(15)7-11/h4-5,7,9-10,17H,2-3,6,8H2,1H3,(H2,16,18). The van der Waals surface area contributed by atoms with Gasteiger partial charge in [-0.25, -0.2) is 0 Å². The summed E-state index contributed by atoms with van der Waals surface area (Å²) in [4.78, 5) is 0.429. The lowest BCUT2D eigenvalue weighted by molar-refractivity contribution is 0.537. The maximum Gasteiger partial charge on any atom is 0.105 e. The van der Waals surface area contributed by atoms with Crippen molar-refractivity contribution >= 4 is 38.8 Å². The van der Waals surface area contributed by atoms with Gasteiger partial charge in [0.15, 0.2) is 0 Å². The van der Waals surface area contributed by atoms with Crippen LogP contribution in [-0.2, 0) is 0 Å². The first-order chi connectivity index (χ1) is 8.56. The fraction of sp³-hybridized carbons (Fsp3) is 0.500. The van der Waals surface area contributed by atoms with Gasteiger partial charge in [0.25, 0.3) is 0 Å². The first-order valence-corrected chi connectivity index (χ1v) is 7.59. The molecule has 1 aromatic rings. The van der Waals surface area contributed by atoms with Crippen LogP contribution in [0.25, 0.3) is 0 Å². The van der Waals surface area contributed by atoms with Crippen molar-refractivity contribution in [1.82, 2.24) is 0 Å². The molecule has 1 saturated carbocycles. The number of benzene rings is 1. The fourth-order valence-electron chi connectivity index (χ4n) is 2.60. The molecular formula is C14H19BrN2S. The molecule has 0 heterocycles. The van der Waals surface area contributed by atoms with Gasteiger partial charge in [-0.15, -0.1) is 0 Å². The number of nitrogens with two attached hydrogens (primary N) is 1. The smallest absolute Gasteiger partial charge is 0.105 e. The van der Waals surface area contributed by atoms with Gasteiger partial charge in [-0.1, -0.05) is 25.6 Å². The number of hydrogen-bond donors (Lipinski definition) is 2. The molecule has 0 aromatic heterocycles. The van der Waals surface area contributed by atoms with Crippen LogP contribution in [0.4, 0.5) is 5.69 Å². The van der Waals surface area contributed by atoms with E-state index in [0.717, 1.165) is 34.1 Å². The number of rotatable bonds is 4. The fourth-order valence-corrected chi connectivity index (χ4v) is 3.50. The topological polar surface area (TPSA) is 38.0 Å². The van der Waals surface area contributed by atoms with Crippen molar-refractivity contribution in [2.45, 2.75) is 26.2 Å². The van der Waals surface area contributed by atoms with Crippen molar-refractivity contribution < 1.29 is 0 Å². The third kappa shape index (κ3) is 3.45. The third-order valence-corrected chi connectivity index (χ3v) is 4.51. The average Bonchev–Trinajstić information content (AvgIpc) is 2.72. The van der Waals surface area contributed by atoms with Crippen LogP contribution in [0.2, 0.25) is 0 Å². The van der Waals surface area contributed by atoms with E-state index in [4.69, 9.17) is 18.0 Å². The van der Waals surface area contributed by atoms with E-state index in [2.05, 4.69) is 28.2 Å². The molecule has 0 amide bonds. The van der Waals surface area contributed by atoms with Gasteiger partial charge in [-0.05, 0) is 58.8 Å². The molecule has 3 N–H and O–H groups in total. The molecule has 2 unspecified atom stereocenters. The molecule has 1 aliphatic rings. The number of anilines is 1. The quantitative estimate of drug-likeness (QED) is 0.823. The van der Waals surface area contributed by atoms with Gasteiger partial charge in [0.05, 0.1) is 0 Å². The van der Waals surface area contributed by atoms with E-state index in [0.29, 0.717) is 4.99 Å². The molecule has 4 heteroatoms. The Kier molecular flexibility index (Phi) is 4.62. The normalized spacial score (nSPS) is 23.0. The Labute approximate surface area is 122 Å². The van der Waals surface area contributed by atoms with Gasteiger partial charge in [0.1, 0.15) is 4.99 Å². The van der Waals surface area contributed by atoms with E-state index >= 15 is 0 Å². The van der Waals surface area contributed by atoms with Crippen molar-refractivity contribution in [3.8, 4) is 0 Å². The zero-order valence-corrected chi connectivity index (χ0v) is 13.0. The number of thiocarbonyl (C=S) groups is 1. The molecule has 0 aliphatic heterocycles. The molecule has 2 nitrogen and oxygen atoms in total. The number of nitrogens with one attached hydrogen (secondary N) is 1. The highest BCUT2D eigenvalue weighted by molar-refractivity contribution is 9.10. The molecule has 18 heavy (non-hydrogen) atoms. The highest BCUT2D eigenvalue weighted by Gasteiger charge is 2.20. The largest absolute Gasteiger partial charge is 0.389 e. The Bertz CT molecular complexity index is 447. The van der Waals surface area contributed by atoms with Crippen LogP contribution in [-0.4, -0.2) is 11.5 Å². The minimum absolute atomic E-state index is 0.429. The number of hydrogen-bond acceptors (Lipinski definition) is 2. The summed E-state index contributed by atoms with van der Waals surface area (Å²) in [6, 6.07) is 6.05. The zero-order chi connectivity index (χ0) is 13.1. The van der Waals surface area contributed by atoms with Crippen molar-refractivity contribution in [3.05, 3.63) is 28.2 Å². The van der Waals surface area contributed by atoms with Gasteiger partial charge >= 0.3 is 0 Å². The molecule has 98 valence electrons. The molecular weight excluding hydrogens is 308 g/mol. The second kappa shape index (κ2) is 6.02. The van der Waals surface area contributed by atoms with E-state index in [1.807, 2.05) is 18.2 Å². The summed E-state index contributed by atoms with van der Waals surface area (Å²) >= 11 is 8.49. The Morgan fingerprint density at radius 2 is 2.28 bits per heavy atom. The summed E-state index contributed by atoms with van der Waals surface area (Å²) in [5, 5.41) is 3.50. The van der Waals surface area contributed by atoms with Crippen LogP contribution >= 0.6 is 28.1 Å². The molecule has 0 bridgehead atoms. The van der Waals surface area contributed by atoms with Crippen LogP contribution in [0, 0.1) is 11.8 Å². The Hall–Kier alpha value is -0.610. The SMILES string of the molecule is CC1CCC(CNc2ccc(C(N)=S)c(Br)c2)C1.